The number of nitrogens with zero attached hydrogens (tertiary/aromatic N) is 2. The quantitative estimate of drug-likeness (QED) is 0.724. The van der Waals surface area contributed by atoms with Crippen LogP contribution >= 0.6 is 0 Å². The van der Waals surface area contributed by atoms with Crippen LogP contribution in [0.15, 0.2) is 65.5 Å². The molecule has 2 amide bonds. The molecular formula is C20H18N2O3. The number of carbonyl (C=O) groups excluding carboxylic acids is 2. The molecule has 3 aromatic rings. The lowest BCUT2D eigenvalue weighted by atomic mass is 10.0. The Morgan fingerprint density at radius 1 is 0.800 bits per heavy atom. The fourth-order valence-electron chi connectivity index (χ4n) is 3.26. The third kappa shape index (κ3) is 2.89. The number of hydrogen-bond acceptors (Lipinski definition) is 3. The van der Waals surface area contributed by atoms with Crippen LogP contribution in [0.25, 0.3) is 10.8 Å². The Bertz CT molecular complexity index is 904. The second-order valence-electron chi connectivity index (χ2n) is 6.12. The van der Waals surface area contributed by atoms with E-state index in [0.717, 1.165) is 10.8 Å². The van der Waals surface area contributed by atoms with Gasteiger partial charge in [-0.2, -0.15) is 0 Å². The van der Waals surface area contributed by atoms with E-state index in [2.05, 4.69) is 0 Å². The molecule has 0 saturated carbocycles. The summed E-state index contributed by atoms with van der Waals surface area (Å²) in [6.07, 6.45) is 2.95. The highest BCUT2D eigenvalue weighted by Crippen LogP contribution is 2.21. The molecule has 0 atom stereocenters. The second kappa shape index (κ2) is 6.43. The number of hydrogen-bond donors (Lipinski definition) is 0. The number of amides is 2. The Kier molecular flexibility index (Phi) is 3.98. The van der Waals surface area contributed by atoms with E-state index in [9.17, 15) is 9.59 Å². The summed E-state index contributed by atoms with van der Waals surface area (Å²) in [6.45, 7) is 2.12. The van der Waals surface area contributed by atoms with Crippen molar-refractivity contribution in [3.05, 3.63) is 72.2 Å². The number of carbonyl (C=O) groups is 2. The molecule has 0 unspecified atom stereocenters. The minimum atomic E-state index is -0.0500. The van der Waals surface area contributed by atoms with Crippen molar-refractivity contribution in [2.24, 2.45) is 0 Å². The third-order valence-electron chi connectivity index (χ3n) is 4.64. The lowest BCUT2D eigenvalue weighted by molar-refractivity contribution is 0.0536. The predicted octanol–water partition coefficient (Wildman–Crippen LogP) is 3.03. The second-order valence-corrected chi connectivity index (χ2v) is 6.12. The molecule has 0 spiro atoms. The molecule has 0 bridgehead atoms. The van der Waals surface area contributed by atoms with Crippen LogP contribution in [0.5, 0.6) is 0 Å². The van der Waals surface area contributed by atoms with Crippen molar-refractivity contribution in [1.82, 2.24) is 9.80 Å². The van der Waals surface area contributed by atoms with Crippen LogP contribution in [0, 0.1) is 0 Å². The number of benzene rings is 2. The Morgan fingerprint density at radius 2 is 1.48 bits per heavy atom. The maximum Gasteiger partial charge on any atom is 0.257 e. The Hall–Kier alpha value is -3.08. The van der Waals surface area contributed by atoms with E-state index < -0.39 is 0 Å². The average molecular weight is 334 g/mol. The van der Waals surface area contributed by atoms with Crippen LogP contribution in [-0.2, 0) is 0 Å². The molecule has 0 aliphatic carbocycles. The van der Waals surface area contributed by atoms with Gasteiger partial charge in [0.2, 0.25) is 0 Å². The summed E-state index contributed by atoms with van der Waals surface area (Å²) < 4.78 is 4.97. The average Bonchev–Trinajstić information content (AvgIpc) is 3.21. The van der Waals surface area contributed by atoms with Crippen LogP contribution in [0.3, 0.4) is 0 Å². The molecule has 1 saturated heterocycles. The zero-order valence-electron chi connectivity index (χ0n) is 13.7. The first-order chi connectivity index (χ1) is 12.2. The summed E-state index contributed by atoms with van der Waals surface area (Å²) in [6, 6.07) is 15.3. The Labute approximate surface area is 145 Å². The Morgan fingerprint density at radius 3 is 2.20 bits per heavy atom. The third-order valence-corrected chi connectivity index (χ3v) is 4.64. The molecule has 5 nitrogen and oxygen atoms in total. The SMILES string of the molecule is O=C(c1ccoc1)N1CCN(C(=O)c2cccc3ccccc23)CC1. The van der Waals surface area contributed by atoms with Crippen LogP contribution in [0.4, 0.5) is 0 Å². The zero-order chi connectivity index (χ0) is 17.2. The monoisotopic (exact) mass is 334 g/mol. The van der Waals surface area contributed by atoms with Gasteiger partial charge < -0.3 is 14.2 Å². The highest BCUT2D eigenvalue weighted by molar-refractivity contribution is 6.07. The first kappa shape index (κ1) is 15.4. The van der Waals surface area contributed by atoms with E-state index in [1.165, 1.54) is 12.5 Å². The predicted molar refractivity (Wildman–Crippen MR) is 94.5 cm³/mol. The maximum absolute atomic E-state index is 12.9. The van der Waals surface area contributed by atoms with E-state index in [-0.39, 0.29) is 11.8 Å². The molecular weight excluding hydrogens is 316 g/mol. The van der Waals surface area contributed by atoms with Gasteiger partial charge in [0.05, 0.1) is 11.8 Å². The van der Waals surface area contributed by atoms with Crippen LogP contribution < -0.4 is 0 Å². The fraction of sp³-hybridized carbons (Fsp3) is 0.200. The smallest absolute Gasteiger partial charge is 0.257 e. The number of furan rings is 1. The van der Waals surface area contributed by atoms with Crippen molar-refractivity contribution in [2.45, 2.75) is 0 Å². The molecule has 5 heteroatoms. The van der Waals surface area contributed by atoms with Crippen LogP contribution in [-0.4, -0.2) is 47.8 Å². The summed E-state index contributed by atoms with van der Waals surface area (Å²) in [4.78, 5) is 28.9. The lowest BCUT2D eigenvalue weighted by Crippen LogP contribution is -2.50. The van der Waals surface area contributed by atoms with E-state index >= 15 is 0 Å². The normalized spacial score (nSPS) is 14.7. The highest BCUT2D eigenvalue weighted by Gasteiger charge is 2.26. The number of rotatable bonds is 2. The van der Waals surface area contributed by atoms with Crippen molar-refractivity contribution in [1.29, 1.82) is 0 Å². The largest absolute Gasteiger partial charge is 0.472 e. The molecule has 4 rings (SSSR count). The van der Waals surface area contributed by atoms with Crippen molar-refractivity contribution in [3.8, 4) is 0 Å². The summed E-state index contributed by atoms with van der Waals surface area (Å²) in [7, 11) is 0. The van der Waals surface area contributed by atoms with Crippen molar-refractivity contribution in [2.75, 3.05) is 26.2 Å². The maximum atomic E-state index is 12.9. The molecule has 1 aliphatic rings. The van der Waals surface area contributed by atoms with Gasteiger partial charge >= 0.3 is 0 Å². The van der Waals surface area contributed by atoms with Gasteiger partial charge in [0.25, 0.3) is 11.8 Å². The summed E-state index contributed by atoms with van der Waals surface area (Å²) in [5, 5.41) is 2.02. The topological polar surface area (TPSA) is 53.8 Å². The molecule has 1 aliphatic heterocycles. The molecule has 2 heterocycles. The Balaban J connectivity index is 1.49. The van der Waals surface area contributed by atoms with Gasteiger partial charge in [0.15, 0.2) is 0 Å². The number of piperazine rings is 1. The van der Waals surface area contributed by atoms with Gasteiger partial charge in [0.1, 0.15) is 6.26 Å². The van der Waals surface area contributed by atoms with Crippen molar-refractivity contribution >= 4 is 22.6 Å². The lowest BCUT2D eigenvalue weighted by Gasteiger charge is -2.34. The van der Waals surface area contributed by atoms with E-state index in [1.54, 1.807) is 11.0 Å². The molecule has 1 fully saturated rings. The molecule has 0 N–H and O–H groups in total. The van der Waals surface area contributed by atoms with Gasteiger partial charge in [-0.15, -0.1) is 0 Å². The summed E-state index contributed by atoms with van der Waals surface area (Å²) >= 11 is 0. The van der Waals surface area contributed by atoms with E-state index in [0.29, 0.717) is 37.3 Å². The van der Waals surface area contributed by atoms with E-state index in [1.807, 2.05) is 47.4 Å². The van der Waals surface area contributed by atoms with Crippen molar-refractivity contribution < 1.29 is 14.0 Å². The summed E-state index contributed by atoms with van der Waals surface area (Å²) in [5.41, 5.74) is 1.27. The van der Waals surface area contributed by atoms with Crippen LogP contribution in [0.2, 0.25) is 0 Å². The molecule has 126 valence electrons. The minimum Gasteiger partial charge on any atom is -0.472 e. The minimum absolute atomic E-state index is 0.0206. The molecule has 0 radical (unpaired) electrons. The number of fused-ring (bicyclic) bond motifs is 1. The standard InChI is InChI=1S/C20H18N2O3/c23-19(16-8-13-25-14-16)21-9-11-22(12-10-21)20(24)18-7-3-5-15-4-1-2-6-17(15)18/h1-8,13-14H,9-12H2. The first-order valence-electron chi connectivity index (χ1n) is 8.32. The summed E-state index contributed by atoms with van der Waals surface area (Å²) in [5.74, 6) is -0.0294. The van der Waals surface area contributed by atoms with Gasteiger partial charge in [-0.1, -0.05) is 36.4 Å². The van der Waals surface area contributed by atoms with Crippen molar-refractivity contribution in [3.63, 3.8) is 0 Å². The van der Waals surface area contributed by atoms with Gasteiger partial charge in [-0.3, -0.25) is 9.59 Å². The zero-order valence-corrected chi connectivity index (χ0v) is 13.7. The molecule has 25 heavy (non-hydrogen) atoms. The van der Waals surface area contributed by atoms with E-state index in [4.69, 9.17) is 4.42 Å². The van der Waals surface area contributed by atoms with Gasteiger partial charge in [-0.25, -0.2) is 0 Å². The first-order valence-corrected chi connectivity index (χ1v) is 8.32. The fourth-order valence-corrected chi connectivity index (χ4v) is 3.26. The van der Waals surface area contributed by atoms with Gasteiger partial charge in [0, 0.05) is 31.7 Å². The highest BCUT2D eigenvalue weighted by atomic mass is 16.3. The van der Waals surface area contributed by atoms with Gasteiger partial charge in [-0.05, 0) is 22.9 Å². The molecule has 2 aromatic carbocycles. The van der Waals surface area contributed by atoms with Crippen LogP contribution in [0.1, 0.15) is 20.7 Å². The molecule has 1 aromatic heterocycles.